The van der Waals surface area contributed by atoms with Gasteiger partial charge in [0.1, 0.15) is 11.6 Å². The normalized spacial score (nSPS) is 11.2. The van der Waals surface area contributed by atoms with Gasteiger partial charge in [-0.3, -0.25) is 4.79 Å². The lowest BCUT2D eigenvalue weighted by molar-refractivity contribution is 0.627. The van der Waals surface area contributed by atoms with Crippen LogP contribution in [-0.4, -0.2) is 9.97 Å². The van der Waals surface area contributed by atoms with Crippen LogP contribution in [0.1, 0.15) is 11.4 Å². The molecule has 0 aliphatic carbocycles. The van der Waals surface area contributed by atoms with Gasteiger partial charge in [0.25, 0.3) is 5.56 Å². The Bertz CT molecular complexity index is 852. The van der Waals surface area contributed by atoms with E-state index in [1.165, 1.54) is 12.1 Å². The van der Waals surface area contributed by atoms with Gasteiger partial charge in [0.05, 0.1) is 10.9 Å². The summed E-state index contributed by atoms with van der Waals surface area (Å²) in [6.45, 7) is 0. The second-order valence-corrected chi connectivity index (χ2v) is 4.36. The summed E-state index contributed by atoms with van der Waals surface area (Å²) in [5.41, 5.74) is 1.16. The molecule has 3 nitrogen and oxygen atoms in total. The highest BCUT2D eigenvalue weighted by Crippen LogP contribution is 2.09. The minimum absolute atomic E-state index is 0.186. The first-order chi connectivity index (χ1) is 9.72. The summed E-state index contributed by atoms with van der Waals surface area (Å²) in [6, 6.07) is 13.3. The van der Waals surface area contributed by atoms with Crippen LogP contribution in [0.2, 0.25) is 0 Å². The first-order valence-electron chi connectivity index (χ1n) is 6.15. The number of nitrogens with zero attached hydrogens (tertiary/aromatic N) is 1. The predicted octanol–water partition coefficient (Wildman–Crippen LogP) is 3.23. The molecule has 0 spiro atoms. The van der Waals surface area contributed by atoms with Crippen molar-refractivity contribution in [1.82, 2.24) is 9.97 Å². The van der Waals surface area contributed by atoms with Gasteiger partial charge in [0, 0.05) is 0 Å². The number of fused-ring (bicyclic) bond motifs is 1. The molecule has 0 saturated carbocycles. The number of nitrogens with one attached hydrogen (secondary N) is 1. The molecule has 1 N–H and O–H groups in total. The van der Waals surface area contributed by atoms with E-state index in [-0.39, 0.29) is 11.4 Å². The second kappa shape index (κ2) is 5.09. The third-order valence-electron chi connectivity index (χ3n) is 2.91. The monoisotopic (exact) mass is 266 g/mol. The fourth-order valence-corrected chi connectivity index (χ4v) is 1.97. The van der Waals surface area contributed by atoms with Crippen molar-refractivity contribution in [2.45, 2.75) is 0 Å². The summed E-state index contributed by atoms with van der Waals surface area (Å²) in [5.74, 6) is 0.144. The highest BCUT2D eigenvalue weighted by molar-refractivity contribution is 5.78. The van der Waals surface area contributed by atoms with Gasteiger partial charge in [-0.15, -0.1) is 0 Å². The zero-order valence-corrected chi connectivity index (χ0v) is 10.5. The molecule has 0 bridgehead atoms. The van der Waals surface area contributed by atoms with E-state index < -0.39 is 0 Å². The van der Waals surface area contributed by atoms with E-state index in [1.54, 1.807) is 42.5 Å². The summed E-state index contributed by atoms with van der Waals surface area (Å²) in [4.78, 5) is 18.9. The number of hydrogen-bond acceptors (Lipinski definition) is 2. The van der Waals surface area contributed by atoms with E-state index in [1.807, 2.05) is 6.07 Å². The van der Waals surface area contributed by atoms with Crippen LogP contribution >= 0.6 is 0 Å². The Balaban J connectivity index is 2.01. The molecule has 0 radical (unpaired) electrons. The molecule has 0 atom stereocenters. The molecular weight excluding hydrogens is 255 g/mol. The number of para-hydroxylation sites is 1. The van der Waals surface area contributed by atoms with Crippen molar-refractivity contribution >= 4 is 23.1 Å². The number of benzene rings is 2. The first kappa shape index (κ1) is 12.3. The standard InChI is InChI=1S/C16H11FN2O/c17-12-5-3-4-11(10-12)8-9-15-18-14-7-2-1-6-13(14)16(20)19-15/h1-10H,(H,18,19,20)/b9-8+. The fourth-order valence-electron chi connectivity index (χ4n) is 1.97. The molecule has 0 unspecified atom stereocenters. The van der Waals surface area contributed by atoms with Crippen LogP contribution in [0.25, 0.3) is 23.1 Å². The number of halogens is 1. The topological polar surface area (TPSA) is 45.8 Å². The Morgan fingerprint density at radius 3 is 2.75 bits per heavy atom. The highest BCUT2D eigenvalue weighted by Gasteiger charge is 2.00. The van der Waals surface area contributed by atoms with Crippen molar-refractivity contribution in [2.75, 3.05) is 0 Å². The molecule has 20 heavy (non-hydrogen) atoms. The third-order valence-corrected chi connectivity index (χ3v) is 2.91. The van der Waals surface area contributed by atoms with Crippen molar-refractivity contribution in [1.29, 1.82) is 0 Å². The molecule has 1 heterocycles. The Kier molecular flexibility index (Phi) is 3.13. The number of rotatable bonds is 2. The average molecular weight is 266 g/mol. The molecule has 3 aromatic rings. The molecule has 3 rings (SSSR count). The second-order valence-electron chi connectivity index (χ2n) is 4.36. The molecule has 2 aromatic carbocycles. The summed E-state index contributed by atoms with van der Waals surface area (Å²) in [6.07, 6.45) is 3.36. The molecule has 0 fully saturated rings. The van der Waals surface area contributed by atoms with E-state index in [2.05, 4.69) is 9.97 Å². The van der Waals surface area contributed by atoms with Crippen LogP contribution in [0.15, 0.2) is 53.3 Å². The maximum Gasteiger partial charge on any atom is 0.259 e. The highest BCUT2D eigenvalue weighted by atomic mass is 19.1. The summed E-state index contributed by atoms with van der Waals surface area (Å²) < 4.78 is 13.1. The van der Waals surface area contributed by atoms with Gasteiger partial charge in [-0.2, -0.15) is 0 Å². The molecule has 0 saturated heterocycles. The van der Waals surface area contributed by atoms with E-state index >= 15 is 0 Å². The fraction of sp³-hybridized carbons (Fsp3) is 0. The molecule has 4 heteroatoms. The zero-order valence-electron chi connectivity index (χ0n) is 10.5. The quantitative estimate of drug-likeness (QED) is 0.774. The van der Waals surface area contributed by atoms with Crippen LogP contribution in [0.4, 0.5) is 4.39 Å². The van der Waals surface area contributed by atoms with Crippen molar-refractivity contribution < 1.29 is 4.39 Å². The van der Waals surface area contributed by atoms with Crippen molar-refractivity contribution in [3.05, 3.63) is 76.1 Å². The Morgan fingerprint density at radius 2 is 1.90 bits per heavy atom. The number of aromatic nitrogens is 2. The van der Waals surface area contributed by atoms with Crippen LogP contribution in [0.5, 0.6) is 0 Å². The van der Waals surface area contributed by atoms with E-state index in [0.717, 1.165) is 0 Å². The zero-order chi connectivity index (χ0) is 13.9. The molecule has 0 aliphatic rings. The first-order valence-corrected chi connectivity index (χ1v) is 6.15. The van der Waals surface area contributed by atoms with Crippen LogP contribution in [0, 0.1) is 5.82 Å². The molecule has 98 valence electrons. The van der Waals surface area contributed by atoms with Gasteiger partial charge in [0.15, 0.2) is 0 Å². The molecule has 1 aromatic heterocycles. The molecule has 0 amide bonds. The van der Waals surface area contributed by atoms with Gasteiger partial charge in [0.2, 0.25) is 0 Å². The van der Waals surface area contributed by atoms with E-state index in [0.29, 0.717) is 22.3 Å². The Morgan fingerprint density at radius 1 is 1.05 bits per heavy atom. The Hall–Kier alpha value is -2.75. The predicted molar refractivity (Wildman–Crippen MR) is 77.7 cm³/mol. The van der Waals surface area contributed by atoms with Crippen molar-refractivity contribution in [2.24, 2.45) is 0 Å². The van der Waals surface area contributed by atoms with Gasteiger partial charge in [-0.1, -0.05) is 30.3 Å². The van der Waals surface area contributed by atoms with Crippen LogP contribution in [0.3, 0.4) is 0 Å². The summed E-state index contributed by atoms with van der Waals surface area (Å²) >= 11 is 0. The van der Waals surface area contributed by atoms with Gasteiger partial charge >= 0.3 is 0 Å². The minimum Gasteiger partial charge on any atom is -0.306 e. The number of H-pyrrole nitrogens is 1. The number of aromatic amines is 1. The van der Waals surface area contributed by atoms with Crippen LogP contribution in [-0.2, 0) is 0 Å². The average Bonchev–Trinajstić information content (AvgIpc) is 2.45. The molecular formula is C16H11FN2O. The van der Waals surface area contributed by atoms with Gasteiger partial charge < -0.3 is 4.98 Å². The maximum absolute atomic E-state index is 13.1. The van der Waals surface area contributed by atoms with E-state index in [9.17, 15) is 9.18 Å². The van der Waals surface area contributed by atoms with Gasteiger partial charge in [-0.05, 0) is 35.9 Å². The third kappa shape index (κ3) is 2.49. The number of hydrogen-bond donors (Lipinski definition) is 1. The maximum atomic E-state index is 13.1. The van der Waals surface area contributed by atoms with Crippen molar-refractivity contribution in [3.63, 3.8) is 0 Å². The lowest BCUT2D eigenvalue weighted by Gasteiger charge is -1.98. The Labute approximate surface area is 114 Å². The summed E-state index contributed by atoms with van der Waals surface area (Å²) in [5, 5.41) is 0.551. The smallest absolute Gasteiger partial charge is 0.259 e. The summed E-state index contributed by atoms with van der Waals surface area (Å²) in [7, 11) is 0. The molecule has 0 aliphatic heterocycles. The van der Waals surface area contributed by atoms with E-state index in [4.69, 9.17) is 0 Å². The van der Waals surface area contributed by atoms with Crippen LogP contribution < -0.4 is 5.56 Å². The lowest BCUT2D eigenvalue weighted by Crippen LogP contribution is -2.09. The lowest BCUT2D eigenvalue weighted by atomic mass is 10.2. The largest absolute Gasteiger partial charge is 0.306 e. The van der Waals surface area contributed by atoms with Crippen molar-refractivity contribution in [3.8, 4) is 0 Å². The minimum atomic E-state index is -0.299. The van der Waals surface area contributed by atoms with Gasteiger partial charge in [-0.25, -0.2) is 9.37 Å². The SMILES string of the molecule is O=c1[nH]c(/C=C/c2cccc(F)c2)nc2ccccc12.